The van der Waals surface area contributed by atoms with E-state index >= 15 is 0 Å². The summed E-state index contributed by atoms with van der Waals surface area (Å²) in [4.78, 5) is 37.1. The number of carbonyl (C=O) groups excluding carboxylic acids is 3. The number of hydrogen-bond acceptors (Lipinski definition) is 7. The van der Waals surface area contributed by atoms with E-state index in [1.807, 2.05) is 13.8 Å². The van der Waals surface area contributed by atoms with Crippen molar-refractivity contribution >= 4 is 58.4 Å². The first-order valence-corrected chi connectivity index (χ1v) is 13.2. The number of nitrogens with one attached hydrogen (secondary N) is 2. The van der Waals surface area contributed by atoms with Crippen molar-refractivity contribution in [3.05, 3.63) is 69.5 Å². The highest BCUT2D eigenvalue weighted by molar-refractivity contribution is 7.99. The molecule has 3 rings (SSSR count). The van der Waals surface area contributed by atoms with E-state index in [9.17, 15) is 14.4 Å². The molecule has 0 aliphatic rings. The lowest BCUT2D eigenvalue weighted by molar-refractivity contribution is -0.113. The highest BCUT2D eigenvalue weighted by Crippen LogP contribution is 2.26. The van der Waals surface area contributed by atoms with Crippen molar-refractivity contribution in [2.75, 3.05) is 17.7 Å². The largest absolute Gasteiger partial charge is 0.462 e. The van der Waals surface area contributed by atoms with Gasteiger partial charge in [0.25, 0.3) is 5.91 Å². The van der Waals surface area contributed by atoms with Gasteiger partial charge in [-0.25, -0.2) is 4.79 Å². The van der Waals surface area contributed by atoms with Gasteiger partial charge in [0.05, 0.1) is 34.0 Å². The molecule has 37 heavy (non-hydrogen) atoms. The SMILES string of the molecule is CCOC(=O)c1ccc(NC(=O)CSc2nnc([C@H](NC(=O)c3ccc(Cl)c(Cl)c3)C(C)C)n2C)cc1. The van der Waals surface area contributed by atoms with Crippen LogP contribution in [0, 0.1) is 5.92 Å². The van der Waals surface area contributed by atoms with Crippen molar-refractivity contribution in [1.29, 1.82) is 0 Å². The molecular formula is C25H27Cl2N5O4S. The summed E-state index contributed by atoms with van der Waals surface area (Å²) in [5.41, 5.74) is 1.35. The fourth-order valence-corrected chi connectivity index (χ4v) is 4.36. The molecule has 0 unspecified atom stereocenters. The number of halogens is 2. The van der Waals surface area contributed by atoms with Crippen LogP contribution in [0.25, 0.3) is 0 Å². The Kier molecular flexibility index (Phi) is 9.96. The predicted octanol–water partition coefficient (Wildman–Crippen LogP) is 5.16. The van der Waals surface area contributed by atoms with Crippen molar-refractivity contribution in [3.8, 4) is 0 Å². The van der Waals surface area contributed by atoms with Crippen LogP contribution >= 0.6 is 35.0 Å². The van der Waals surface area contributed by atoms with Gasteiger partial charge in [-0.2, -0.15) is 0 Å². The first-order valence-electron chi connectivity index (χ1n) is 11.5. The number of rotatable bonds is 10. The Hall–Kier alpha value is -3.08. The zero-order valence-electron chi connectivity index (χ0n) is 20.7. The summed E-state index contributed by atoms with van der Waals surface area (Å²) in [7, 11) is 1.78. The molecule has 2 amide bonds. The monoisotopic (exact) mass is 563 g/mol. The maximum Gasteiger partial charge on any atom is 0.338 e. The number of ether oxygens (including phenoxy) is 1. The number of amides is 2. The molecule has 0 aliphatic carbocycles. The van der Waals surface area contributed by atoms with Gasteiger partial charge >= 0.3 is 5.97 Å². The van der Waals surface area contributed by atoms with E-state index in [2.05, 4.69) is 20.8 Å². The molecule has 1 aromatic heterocycles. The minimum atomic E-state index is -0.430. The average Bonchev–Trinajstić information content (AvgIpc) is 3.22. The molecule has 2 aromatic carbocycles. The van der Waals surface area contributed by atoms with Crippen LogP contribution < -0.4 is 10.6 Å². The van der Waals surface area contributed by atoms with Gasteiger partial charge < -0.3 is 19.9 Å². The number of benzene rings is 2. The smallest absolute Gasteiger partial charge is 0.338 e. The molecule has 196 valence electrons. The molecule has 0 aliphatic heterocycles. The van der Waals surface area contributed by atoms with E-state index in [0.29, 0.717) is 44.4 Å². The fourth-order valence-electron chi connectivity index (χ4n) is 3.35. The van der Waals surface area contributed by atoms with Crippen molar-refractivity contribution in [3.63, 3.8) is 0 Å². The molecule has 3 aromatic rings. The minimum absolute atomic E-state index is 0.00773. The highest BCUT2D eigenvalue weighted by atomic mass is 35.5. The zero-order chi connectivity index (χ0) is 27.1. The lowest BCUT2D eigenvalue weighted by Crippen LogP contribution is -2.33. The summed E-state index contributed by atoms with van der Waals surface area (Å²) in [5.74, 6) is -0.321. The molecule has 2 N–H and O–H groups in total. The van der Waals surface area contributed by atoms with Crippen molar-refractivity contribution < 1.29 is 19.1 Å². The number of aromatic nitrogens is 3. The minimum Gasteiger partial charge on any atom is -0.462 e. The number of hydrogen-bond donors (Lipinski definition) is 2. The molecule has 0 bridgehead atoms. The van der Waals surface area contributed by atoms with Gasteiger partial charge in [0.2, 0.25) is 5.91 Å². The number of nitrogens with zero attached hydrogens (tertiary/aromatic N) is 3. The standard InChI is InChI=1S/C25H27Cl2N5O4S/c1-5-36-24(35)15-6-9-17(10-7-15)28-20(33)13-37-25-31-30-22(32(25)4)21(14(2)3)29-23(34)16-8-11-18(26)19(27)12-16/h6-12,14,21H,5,13H2,1-4H3,(H,28,33)(H,29,34)/t21-/m1/s1. The fraction of sp³-hybridized carbons (Fsp3) is 0.320. The van der Waals surface area contributed by atoms with E-state index in [1.165, 1.54) is 17.8 Å². The molecule has 1 atom stereocenters. The quantitative estimate of drug-likeness (QED) is 0.258. The van der Waals surface area contributed by atoms with Gasteiger partial charge in [0, 0.05) is 18.3 Å². The van der Waals surface area contributed by atoms with Gasteiger partial charge in [-0.15, -0.1) is 10.2 Å². The van der Waals surface area contributed by atoms with Crippen LogP contribution in [0.2, 0.25) is 10.0 Å². The normalized spacial score (nSPS) is 11.8. The Morgan fingerprint density at radius 3 is 2.32 bits per heavy atom. The zero-order valence-corrected chi connectivity index (χ0v) is 23.1. The molecule has 0 saturated heterocycles. The number of esters is 1. The maximum absolute atomic E-state index is 12.8. The van der Waals surface area contributed by atoms with Crippen LogP contribution in [0.15, 0.2) is 47.6 Å². The predicted molar refractivity (Wildman–Crippen MR) is 144 cm³/mol. The van der Waals surface area contributed by atoms with Crippen molar-refractivity contribution in [2.45, 2.75) is 32.0 Å². The number of carbonyl (C=O) groups is 3. The maximum atomic E-state index is 12.8. The summed E-state index contributed by atoms with van der Waals surface area (Å²) in [5, 5.41) is 15.4. The molecule has 0 saturated carbocycles. The average molecular weight is 564 g/mol. The number of anilines is 1. The highest BCUT2D eigenvalue weighted by Gasteiger charge is 2.25. The van der Waals surface area contributed by atoms with Crippen molar-refractivity contribution in [1.82, 2.24) is 20.1 Å². The van der Waals surface area contributed by atoms with Crippen molar-refractivity contribution in [2.24, 2.45) is 13.0 Å². The second-order valence-corrected chi connectivity index (χ2v) is 10.1. The summed E-state index contributed by atoms with van der Waals surface area (Å²) in [6.45, 7) is 5.95. The summed E-state index contributed by atoms with van der Waals surface area (Å²) in [6, 6.07) is 10.7. The summed E-state index contributed by atoms with van der Waals surface area (Å²) < 4.78 is 6.71. The van der Waals surface area contributed by atoms with Crippen LogP contribution in [-0.4, -0.2) is 44.9 Å². The number of thioether (sulfide) groups is 1. The van der Waals surface area contributed by atoms with E-state index in [1.54, 1.807) is 54.9 Å². The van der Waals surface area contributed by atoms with E-state index in [-0.39, 0.29) is 23.5 Å². The molecular weight excluding hydrogens is 537 g/mol. The van der Waals surface area contributed by atoms with Gasteiger partial charge in [-0.3, -0.25) is 9.59 Å². The van der Waals surface area contributed by atoms with Crippen LogP contribution in [-0.2, 0) is 16.6 Å². The molecule has 0 radical (unpaired) electrons. The molecule has 0 fully saturated rings. The lowest BCUT2D eigenvalue weighted by Gasteiger charge is -2.22. The van der Waals surface area contributed by atoms with Crippen LogP contribution in [0.3, 0.4) is 0 Å². The third-order valence-electron chi connectivity index (χ3n) is 5.29. The molecule has 1 heterocycles. The Labute approximate surface area is 229 Å². The van der Waals surface area contributed by atoms with E-state index in [0.717, 1.165) is 0 Å². The Morgan fingerprint density at radius 2 is 1.70 bits per heavy atom. The molecule has 12 heteroatoms. The first kappa shape index (κ1) is 28.5. The summed E-state index contributed by atoms with van der Waals surface area (Å²) in [6.07, 6.45) is 0. The summed E-state index contributed by atoms with van der Waals surface area (Å²) >= 11 is 13.2. The lowest BCUT2D eigenvalue weighted by atomic mass is 10.0. The second-order valence-electron chi connectivity index (χ2n) is 8.36. The first-order chi connectivity index (χ1) is 17.6. The van der Waals surface area contributed by atoms with Crippen LogP contribution in [0.1, 0.15) is 53.4 Å². The third-order valence-corrected chi connectivity index (χ3v) is 7.05. The van der Waals surface area contributed by atoms with Gasteiger partial charge in [-0.05, 0) is 55.3 Å². The van der Waals surface area contributed by atoms with Crippen LogP contribution in [0.5, 0.6) is 0 Å². The van der Waals surface area contributed by atoms with Gasteiger partial charge in [0.1, 0.15) is 0 Å². The van der Waals surface area contributed by atoms with E-state index in [4.69, 9.17) is 27.9 Å². The Bertz CT molecular complexity index is 1280. The van der Waals surface area contributed by atoms with Gasteiger partial charge in [0.15, 0.2) is 11.0 Å². The second kappa shape index (κ2) is 12.9. The Balaban J connectivity index is 1.62. The van der Waals surface area contributed by atoms with Crippen LogP contribution in [0.4, 0.5) is 5.69 Å². The third kappa shape index (κ3) is 7.47. The topological polar surface area (TPSA) is 115 Å². The van der Waals surface area contributed by atoms with E-state index < -0.39 is 12.0 Å². The molecule has 0 spiro atoms. The Morgan fingerprint density at radius 1 is 1.03 bits per heavy atom. The van der Waals surface area contributed by atoms with Gasteiger partial charge in [-0.1, -0.05) is 48.8 Å². The molecule has 9 nitrogen and oxygen atoms in total.